The van der Waals surface area contributed by atoms with E-state index in [1.54, 1.807) is 0 Å². The number of nitrogens with one attached hydrogen (secondary N) is 1. The lowest BCUT2D eigenvalue weighted by molar-refractivity contribution is 0.692. The van der Waals surface area contributed by atoms with Crippen molar-refractivity contribution in [2.45, 2.75) is 12.5 Å². The van der Waals surface area contributed by atoms with Gasteiger partial charge >= 0.3 is 0 Å². The van der Waals surface area contributed by atoms with Gasteiger partial charge in [0.1, 0.15) is 0 Å². The first-order chi connectivity index (χ1) is 5.47. The van der Waals surface area contributed by atoms with Gasteiger partial charge in [0.15, 0.2) is 0 Å². The Bertz CT molecular complexity index is 216. The maximum Gasteiger partial charge on any atom is 0.0429 e. The van der Waals surface area contributed by atoms with Crippen LogP contribution in [-0.2, 0) is 0 Å². The summed E-state index contributed by atoms with van der Waals surface area (Å²) in [6.07, 6.45) is 1.26. The van der Waals surface area contributed by atoms with Crippen molar-refractivity contribution in [1.82, 2.24) is 4.72 Å². The monoisotopic (exact) mass is 165 g/mol. The molecule has 1 atom stereocenters. The Kier molecular flexibility index (Phi) is 2.15. The SMILES string of the molecule is c1ccc([C@@H]2CCSN2)cc1. The highest BCUT2D eigenvalue weighted by Gasteiger charge is 2.15. The summed E-state index contributed by atoms with van der Waals surface area (Å²) in [4.78, 5) is 0. The first kappa shape index (κ1) is 7.19. The van der Waals surface area contributed by atoms with Crippen LogP contribution in [0.2, 0.25) is 0 Å². The van der Waals surface area contributed by atoms with E-state index in [1.165, 1.54) is 17.7 Å². The zero-order chi connectivity index (χ0) is 7.52. The molecule has 1 aliphatic rings. The van der Waals surface area contributed by atoms with Crippen LogP contribution >= 0.6 is 11.9 Å². The molecule has 1 heterocycles. The van der Waals surface area contributed by atoms with Crippen LogP contribution in [0.5, 0.6) is 0 Å². The van der Waals surface area contributed by atoms with E-state index in [-0.39, 0.29) is 0 Å². The lowest BCUT2D eigenvalue weighted by Gasteiger charge is -2.07. The Labute approximate surface area is 71.3 Å². The van der Waals surface area contributed by atoms with Gasteiger partial charge in [-0.2, -0.15) is 0 Å². The van der Waals surface area contributed by atoms with Gasteiger partial charge in [0, 0.05) is 11.8 Å². The van der Waals surface area contributed by atoms with E-state index in [2.05, 4.69) is 35.1 Å². The van der Waals surface area contributed by atoms with Crippen LogP contribution in [0.1, 0.15) is 18.0 Å². The molecular formula is C9H11NS. The van der Waals surface area contributed by atoms with Crippen LogP contribution in [0, 0.1) is 0 Å². The van der Waals surface area contributed by atoms with Crippen LogP contribution in [-0.4, -0.2) is 5.75 Å². The predicted molar refractivity (Wildman–Crippen MR) is 49.4 cm³/mol. The van der Waals surface area contributed by atoms with Crippen LogP contribution in [0.4, 0.5) is 0 Å². The second-order valence-corrected chi connectivity index (χ2v) is 3.65. The van der Waals surface area contributed by atoms with Crippen LogP contribution in [0.15, 0.2) is 30.3 Å². The molecule has 0 amide bonds. The summed E-state index contributed by atoms with van der Waals surface area (Å²) in [5, 5.41) is 0. The molecule has 2 rings (SSSR count). The molecule has 0 unspecified atom stereocenters. The first-order valence-electron chi connectivity index (χ1n) is 3.89. The summed E-state index contributed by atoms with van der Waals surface area (Å²) in [5.41, 5.74) is 1.41. The molecule has 2 heteroatoms. The molecule has 1 aromatic rings. The second kappa shape index (κ2) is 3.28. The summed E-state index contributed by atoms with van der Waals surface area (Å²) >= 11 is 1.83. The summed E-state index contributed by atoms with van der Waals surface area (Å²) in [6, 6.07) is 11.2. The predicted octanol–water partition coefficient (Wildman–Crippen LogP) is 2.37. The Morgan fingerprint density at radius 3 is 2.73 bits per heavy atom. The van der Waals surface area contributed by atoms with Gasteiger partial charge in [0.05, 0.1) is 0 Å². The average molecular weight is 165 g/mol. The molecule has 0 saturated carbocycles. The zero-order valence-corrected chi connectivity index (χ0v) is 7.10. The Hall–Kier alpha value is -0.470. The Morgan fingerprint density at radius 1 is 1.27 bits per heavy atom. The van der Waals surface area contributed by atoms with Crippen molar-refractivity contribution in [2.24, 2.45) is 0 Å². The van der Waals surface area contributed by atoms with Gasteiger partial charge in [-0.1, -0.05) is 42.3 Å². The van der Waals surface area contributed by atoms with E-state index < -0.39 is 0 Å². The third kappa shape index (κ3) is 1.57. The summed E-state index contributed by atoms with van der Waals surface area (Å²) in [5.74, 6) is 1.24. The van der Waals surface area contributed by atoms with Crippen molar-refractivity contribution in [3.8, 4) is 0 Å². The van der Waals surface area contributed by atoms with Gasteiger partial charge in [0.25, 0.3) is 0 Å². The molecule has 1 N–H and O–H groups in total. The second-order valence-electron chi connectivity index (χ2n) is 2.72. The van der Waals surface area contributed by atoms with E-state index >= 15 is 0 Å². The number of hydrogen-bond acceptors (Lipinski definition) is 2. The van der Waals surface area contributed by atoms with Gasteiger partial charge in [-0.05, 0) is 12.0 Å². The minimum atomic E-state index is 0.584. The van der Waals surface area contributed by atoms with Crippen LogP contribution in [0.3, 0.4) is 0 Å². The molecule has 58 valence electrons. The molecule has 11 heavy (non-hydrogen) atoms. The third-order valence-electron chi connectivity index (χ3n) is 1.94. The quantitative estimate of drug-likeness (QED) is 0.641. The lowest BCUT2D eigenvalue weighted by Crippen LogP contribution is -2.05. The molecule has 0 radical (unpaired) electrons. The van der Waals surface area contributed by atoms with E-state index in [0.29, 0.717) is 6.04 Å². The number of rotatable bonds is 1. The van der Waals surface area contributed by atoms with Crippen molar-refractivity contribution in [2.75, 3.05) is 5.75 Å². The van der Waals surface area contributed by atoms with Crippen LogP contribution in [0.25, 0.3) is 0 Å². The number of hydrogen-bond donors (Lipinski definition) is 1. The minimum absolute atomic E-state index is 0.584. The van der Waals surface area contributed by atoms with E-state index in [1.807, 2.05) is 11.9 Å². The molecule has 0 bridgehead atoms. The maximum atomic E-state index is 3.39. The number of benzene rings is 1. The molecular weight excluding hydrogens is 154 g/mol. The highest BCUT2D eigenvalue weighted by Crippen LogP contribution is 2.26. The van der Waals surface area contributed by atoms with E-state index in [4.69, 9.17) is 0 Å². The largest absolute Gasteiger partial charge is 0.257 e. The Morgan fingerprint density at radius 2 is 2.09 bits per heavy atom. The molecule has 1 nitrogen and oxygen atoms in total. The van der Waals surface area contributed by atoms with Crippen molar-refractivity contribution in [3.05, 3.63) is 35.9 Å². The van der Waals surface area contributed by atoms with E-state index in [9.17, 15) is 0 Å². The van der Waals surface area contributed by atoms with Gasteiger partial charge in [0.2, 0.25) is 0 Å². The fraction of sp³-hybridized carbons (Fsp3) is 0.333. The highest BCUT2D eigenvalue weighted by atomic mass is 32.2. The molecule has 1 fully saturated rings. The zero-order valence-electron chi connectivity index (χ0n) is 6.29. The molecule has 0 aliphatic carbocycles. The van der Waals surface area contributed by atoms with Gasteiger partial charge in [-0.15, -0.1) is 0 Å². The molecule has 0 spiro atoms. The Balaban J connectivity index is 2.16. The fourth-order valence-electron chi connectivity index (χ4n) is 1.32. The van der Waals surface area contributed by atoms with Crippen molar-refractivity contribution >= 4 is 11.9 Å². The van der Waals surface area contributed by atoms with Gasteiger partial charge < -0.3 is 0 Å². The fourth-order valence-corrected chi connectivity index (χ4v) is 2.24. The molecule has 1 aliphatic heterocycles. The summed E-state index contributed by atoms with van der Waals surface area (Å²) in [6.45, 7) is 0. The first-order valence-corrected chi connectivity index (χ1v) is 4.87. The molecule has 0 aromatic heterocycles. The third-order valence-corrected chi connectivity index (χ3v) is 2.83. The topological polar surface area (TPSA) is 12.0 Å². The van der Waals surface area contributed by atoms with E-state index in [0.717, 1.165) is 0 Å². The normalized spacial score (nSPS) is 23.8. The highest BCUT2D eigenvalue weighted by molar-refractivity contribution is 7.97. The summed E-state index contributed by atoms with van der Waals surface area (Å²) < 4.78 is 3.39. The van der Waals surface area contributed by atoms with Gasteiger partial charge in [-0.3, -0.25) is 4.72 Å². The maximum absolute atomic E-state index is 3.39. The molecule has 1 saturated heterocycles. The van der Waals surface area contributed by atoms with Crippen molar-refractivity contribution in [1.29, 1.82) is 0 Å². The minimum Gasteiger partial charge on any atom is -0.257 e. The molecule has 1 aromatic carbocycles. The lowest BCUT2D eigenvalue weighted by atomic mass is 10.1. The van der Waals surface area contributed by atoms with Crippen molar-refractivity contribution in [3.63, 3.8) is 0 Å². The van der Waals surface area contributed by atoms with Crippen molar-refractivity contribution < 1.29 is 0 Å². The standard InChI is InChI=1S/C9H11NS/c1-2-4-8(5-3-1)9-6-7-11-10-9/h1-5,9-10H,6-7H2/t9-/m0/s1. The smallest absolute Gasteiger partial charge is 0.0429 e. The summed E-state index contributed by atoms with van der Waals surface area (Å²) in [7, 11) is 0. The van der Waals surface area contributed by atoms with Crippen LogP contribution < -0.4 is 4.72 Å². The van der Waals surface area contributed by atoms with Gasteiger partial charge in [-0.25, -0.2) is 0 Å². The average Bonchev–Trinajstić information content (AvgIpc) is 2.58.